The minimum Gasteiger partial charge on any atom is -0.377 e. The van der Waals surface area contributed by atoms with Gasteiger partial charge in [0.2, 0.25) is 0 Å². The highest BCUT2D eigenvalue weighted by Crippen LogP contribution is 2.32. The van der Waals surface area contributed by atoms with Crippen LogP contribution >= 0.6 is 0 Å². The molecular weight excluding hydrogens is 222 g/mol. The van der Waals surface area contributed by atoms with Gasteiger partial charge in [-0.1, -0.05) is 42.0 Å². The Morgan fingerprint density at radius 2 is 1.94 bits per heavy atom. The molecule has 1 aliphatic rings. The maximum atomic E-state index is 12.1. The topological polar surface area (TPSA) is 29.1 Å². The molecule has 90 valence electrons. The quantitative estimate of drug-likeness (QED) is 0.818. The largest absolute Gasteiger partial charge is 0.377 e. The molecule has 1 aliphatic heterocycles. The third kappa shape index (κ3) is 1.90. The predicted molar refractivity (Wildman–Crippen MR) is 72.9 cm³/mol. The number of fused-ring (bicyclic) bond motifs is 1. The minimum absolute atomic E-state index is 0.0901. The summed E-state index contributed by atoms with van der Waals surface area (Å²) in [6, 6.07) is 16.1. The van der Waals surface area contributed by atoms with Crippen LogP contribution in [0.3, 0.4) is 0 Å². The summed E-state index contributed by atoms with van der Waals surface area (Å²) in [5, 5.41) is 3.45. The second kappa shape index (κ2) is 4.30. The van der Waals surface area contributed by atoms with E-state index in [9.17, 15) is 4.79 Å². The lowest BCUT2D eigenvalue weighted by Crippen LogP contribution is -2.22. The second-order valence-electron chi connectivity index (χ2n) is 4.78. The highest BCUT2D eigenvalue weighted by molar-refractivity contribution is 6.03. The van der Waals surface area contributed by atoms with E-state index >= 15 is 0 Å². The van der Waals surface area contributed by atoms with Crippen molar-refractivity contribution in [2.45, 2.75) is 19.4 Å². The average molecular weight is 237 g/mol. The summed E-state index contributed by atoms with van der Waals surface area (Å²) in [5.41, 5.74) is 4.15. The predicted octanol–water partition coefficient (Wildman–Crippen LogP) is 3.73. The van der Waals surface area contributed by atoms with Crippen LogP contribution in [0.25, 0.3) is 0 Å². The van der Waals surface area contributed by atoms with Crippen LogP contribution in [0.2, 0.25) is 0 Å². The Morgan fingerprint density at radius 1 is 1.11 bits per heavy atom. The Hall–Kier alpha value is -2.09. The van der Waals surface area contributed by atoms with Crippen LogP contribution in [-0.2, 0) is 0 Å². The van der Waals surface area contributed by atoms with Crippen molar-refractivity contribution in [3.05, 3.63) is 65.2 Å². The summed E-state index contributed by atoms with van der Waals surface area (Å²) >= 11 is 0. The van der Waals surface area contributed by atoms with Gasteiger partial charge in [0.05, 0.1) is 6.04 Å². The molecule has 1 unspecified atom stereocenters. The van der Waals surface area contributed by atoms with Gasteiger partial charge < -0.3 is 5.32 Å². The van der Waals surface area contributed by atoms with Gasteiger partial charge in [-0.25, -0.2) is 0 Å². The van der Waals surface area contributed by atoms with E-state index in [1.807, 2.05) is 30.3 Å². The van der Waals surface area contributed by atoms with E-state index in [0.29, 0.717) is 6.42 Å². The minimum atomic E-state index is 0.0901. The molecule has 1 heterocycles. The molecule has 0 radical (unpaired) electrons. The fourth-order valence-electron chi connectivity index (χ4n) is 2.47. The maximum Gasteiger partial charge on any atom is 0.167 e. The molecule has 1 atom stereocenters. The van der Waals surface area contributed by atoms with Gasteiger partial charge in [-0.3, -0.25) is 4.79 Å². The Morgan fingerprint density at radius 3 is 2.78 bits per heavy atom. The monoisotopic (exact) mass is 237 g/mol. The Balaban J connectivity index is 1.97. The van der Waals surface area contributed by atoms with Crippen molar-refractivity contribution in [3.8, 4) is 0 Å². The van der Waals surface area contributed by atoms with Gasteiger partial charge >= 0.3 is 0 Å². The SMILES string of the molecule is Cc1cccc(C2CC(=O)c3ccccc3N2)c1. The summed E-state index contributed by atoms with van der Waals surface area (Å²) in [6.45, 7) is 2.07. The standard InChI is InChI=1S/C16H15NO/c1-11-5-4-6-12(9-11)15-10-16(18)13-7-2-3-8-14(13)17-15/h2-9,15,17H,10H2,1H3. The van der Waals surface area contributed by atoms with Gasteiger partial charge in [-0.15, -0.1) is 0 Å². The number of benzene rings is 2. The van der Waals surface area contributed by atoms with Crippen molar-refractivity contribution in [2.24, 2.45) is 0 Å². The molecule has 2 aromatic carbocycles. The number of para-hydroxylation sites is 1. The molecule has 3 rings (SSSR count). The van der Waals surface area contributed by atoms with E-state index in [4.69, 9.17) is 0 Å². The van der Waals surface area contributed by atoms with Gasteiger partial charge in [-0.2, -0.15) is 0 Å². The fraction of sp³-hybridized carbons (Fsp3) is 0.188. The van der Waals surface area contributed by atoms with Gasteiger partial charge in [0.15, 0.2) is 5.78 Å². The smallest absolute Gasteiger partial charge is 0.167 e. The third-order valence-corrected chi connectivity index (χ3v) is 3.39. The number of aryl methyl sites for hydroxylation is 1. The summed E-state index contributed by atoms with van der Waals surface area (Å²) < 4.78 is 0. The number of nitrogens with one attached hydrogen (secondary N) is 1. The van der Waals surface area contributed by atoms with E-state index < -0.39 is 0 Å². The van der Waals surface area contributed by atoms with Crippen molar-refractivity contribution >= 4 is 11.5 Å². The first-order valence-electron chi connectivity index (χ1n) is 6.19. The zero-order valence-corrected chi connectivity index (χ0v) is 10.3. The Kier molecular flexibility index (Phi) is 2.63. The van der Waals surface area contributed by atoms with Crippen LogP contribution in [-0.4, -0.2) is 5.78 Å². The number of hydrogen-bond acceptors (Lipinski definition) is 2. The normalized spacial score (nSPS) is 18.1. The molecule has 0 spiro atoms. The van der Waals surface area contributed by atoms with Crippen LogP contribution in [0.4, 0.5) is 5.69 Å². The molecule has 2 nitrogen and oxygen atoms in total. The van der Waals surface area contributed by atoms with Crippen molar-refractivity contribution in [3.63, 3.8) is 0 Å². The van der Waals surface area contributed by atoms with Crippen molar-refractivity contribution in [2.75, 3.05) is 5.32 Å². The van der Waals surface area contributed by atoms with Gasteiger partial charge in [0, 0.05) is 17.7 Å². The molecule has 18 heavy (non-hydrogen) atoms. The van der Waals surface area contributed by atoms with Gasteiger partial charge in [0.1, 0.15) is 0 Å². The highest BCUT2D eigenvalue weighted by Gasteiger charge is 2.24. The van der Waals surface area contributed by atoms with Crippen LogP contribution in [0.5, 0.6) is 0 Å². The molecule has 0 amide bonds. The molecule has 0 saturated heterocycles. The molecule has 2 heteroatoms. The number of anilines is 1. The Labute approximate surface area is 107 Å². The lowest BCUT2D eigenvalue weighted by atomic mass is 9.92. The first kappa shape index (κ1) is 11.0. The second-order valence-corrected chi connectivity index (χ2v) is 4.78. The van der Waals surface area contributed by atoms with E-state index in [2.05, 4.69) is 30.4 Å². The van der Waals surface area contributed by atoms with E-state index in [0.717, 1.165) is 11.3 Å². The third-order valence-electron chi connectivity index (χ3n) is 3.39. The number of carbonyl (C=O) groups is 1. The number of rotatable bonds is 1. The first-order valence-corrected chi connectivity index (χ1v) is 6.19. The summed E-state index contributed by atoms with van der Waals surface area (Å²) in [5.74, 6) is 0.218. The zero-order chi connectivity index (χ0) is 12.5. The molecular formula is C16H15NO. The van der Waals surface area contributed by atoms with Crippen LogP contribution in [0, 0.1) is 6.92 Å². The van der Waals surface area contributed by atoms with Gasteiger partial charge in [-0.05, 0) is 24.6 Å². The lowest BCUT2D eigenvalue weighted by Gasteiger charge is -2.26. The lowest BCUT2D eigenvalue weighted by molar-refractivity contribution is 0.0972. The van der Waals surface area contributed by atoms with Crippen molar-refractivity contribution in [1.29, 1.82) is 0 Å². The molecule has 2 aromatic rings. The van der Waals surface area contributed by atoms with Crippen molar-refractivity contribution < 1.29 is 4.79 Å². The van der Waals surface area contributed by atoms with E-state index in [1.165, 1.54) is 11.1 Å². The van der Waals surface area contributed by atoms with Crippen LogP contribution in [0.1, 0.15) is 33.9 Å². The molecule has 0 bridgehead atoms. The summed E-state index contributed by atoms with van der Waals surface area (Å²) in [4.78, 5) is 12.1. The number of ketones is 1. The van der Waals surface area contributed by atoms with Crippen LogP contribution < -0.4 is 5.32 Å². The molecule has 0 fully saturated rings. The van der Waals surface area contributed by atoms with E-state index in [1.54, 1.807) is 0 Å². The summed E-state index contributed by atoms with van der Waals surface area (Å²) in [7, 11) is 0. The first-order chi connectivity index (χ1) is 8.74. The number of Topliss-reactive ketones (excluding diaryl/α,β-unsaturated/α-hetero) is 1. The number of carbonyl (C=O) groups excluding carboxylic acids is 1. The zero-order valence-electron chi connectivity index (χ0n) is 10.3. The Bertz CT molecular complexity index is 604. The molecule has 0 aromatic heterocycles. The summed E-state index contributed by atoms with van der Waals surface area (Å²) in [6.07, 6.45) is 0.528. The highest BCUT2D eigenvalue weighted by atomic mass is 16.1. The van der Waals surface area contributed by atoms with Gasteiger partial charge in [0.25, 0.3) is 0 Å². The molecule has 1 N–H and O–H groups in total. The van der Waals surface area contributed by atoms with Crippen LogP contribution in [0.15, 0.2) is 48.5 Å². The number of hydrogen-bond donors (Lipinski definition) is 1. The molecule has 0 aliphatic carbocycles. The fourth-order valence-corrected chi connectivity index (χ4v) is 2.47. The maximum absolute atomic E-state index is 12.1. The van der Waals surface area contributed by atoms with Crippen molar-refractivity contribution in [1.82, 2.24) is 0 Å². The average Bonchev–Trinajstić information content (AvgIpc) is 2.39. The molecule has 0 saturated carbocycles. The van der Waals surface area contributed by atoms with E-state index in [-0.39, 0.29) is 11.8 Å².